The number of ether oxygens (including phenoxy) is 2. The van der Waals surface area contributed by atoms with Crippen LogP contribution in [0.2, 0.25) is 0 Å². The van der Waals surface area contributed by atoms with Crippen molar-refractivity contribution in [2.24, 2.45) is 34.5 Å². The Hall–Kier alpha value is -1.76. The molecule has 0 aliphatic heterocycles. The average molecular weight is 445 g/mol. The lowest BCUT2D eigenvalue weighted by Crippen LogP contribution is -2.66. The van der Waals surface area contributed by atoms with Gasteiger partial charge in [0.05, 0.1) is 12.0 Å². The molecule has 0 saturated heterocycles. The zero-order chi connectivity index (χ0) is 23.8. The molecule has 0 aromatic carbocycles. The minimum Gasteiger partial charge on any atom is -0.451 e. The van der Waals surface area contributed by atoms with E-state index in [-0.39, 0.29) is 29.6 Å². The number of allylic oxidation sites excluding steroid dienone is 2. The van der Waals surface area contributed by atoms with E-state index in [0.29, 0.717) is 22.6 Å². The zero-order valence-corrected chi connectivity index (χ0v) is 20.1. The highest BCUT2D eigenvalue weighted by Crippen LogP contribution is 2.71. The fraction of sp³-hybridized carbons (Fsp3) is 0.692. The molecular formula is C26H36O6. The van der Waals surface area contributed by atoms with Crippen LogP contribution in [0.25, 0.3) is 0 Å². The second-order valence-corrected chi connectivity index (χ2v) is 10.8. The van der Waals surface area contributed by atoms with E-state index in [0.717, 1.165) is 6.42 Å². The molecular weight excluding hydrogens is 408 g/mol. The first-order valence-corrected chi connectivity index (χ1v) is 11.6. The largest absolute Gasteiger partial charge is 0.451 e. The van der Waals surface area contributed by atoms with E-state index in [1.165, 1.54) is 7.11 Å². The molecule has 0 aromatic rings. The highest BCUT2D eigenvalue weighted by molar-refractivity contribution is 5.96. The maximum absolute atomic E-state index is 14.3. The molecule has 4 aliphatic carbocycles. The molecule has 0 heterocycles. The van der Waals surface area contributed by atoms with Gasteiger partial charge in [0.1, 0.15) is 6.10 Å². The highest BCUT2D eigenvalue weighted by Gasteiger charge is 2.76. The lowest BCUT2D eigenvalue weighted by molar-refractivity contribution is -0.206. The number of fused-ring (bicyclic) bond motifs is 3. The summed E-state index contributed by atoms with van der Waals surface area (Å²) in [5, 5.41) is 22.8. The molecule has 8 atom stereocenters. The zero-order valence-electron chi connectivity index (χ0n) is 20.1. The minimum atomic E-state index is -1.85. The molecule has 6 nitrogen and oxygen atoms in total. The van der Waals surface area contributed by atoms with Crippen molar-refractivity contribution in [1.29, 1.82) is 0 Å². The van der Waals surface area contributed by atoms with Crippen molar-refractivity contribution in [3.63, 3.8) is 0 Å². The smallest absolute Gasteiger partial charge is 0.334 e. The van der Waals surface area contributed by atoms with Gasteiger partial charge in [-0.2, -0.15) is 0 Å². The minimum absolute atomic E-state index is 0.0184. The number of aliphatic hydroxyl groups is 2. The standard InChI is InChI=1S/C26H36O6/c1-8-13(2)23(29)32-21-14(3)11-25-15(4)9-18-19(24(18,5)6)17(20(25)28)10-16(12-27)22(31-7)26(21,25)30/h8,10-11,15,17-19,21-22,27,30H,9,12H2,1-7H3/b13-8-/t15-,17+,18-,19+,21+,22-,25-,26-/m1/s1. The van der Waals surface area contributed by atoms with Gasteiger partial charge in [0, 0.05) is 18.6 Å². The number of carbonyl (C=O) groups is 2. The number of hydrogen-bond donors (Lipinski definition) is 2. The Kier molecular flexibility index (Phi) is 5.39. The summed E-state index contributed by atoms with van der Waals surface area (Å²) in [4.78, 5) is 27.1. The molecule has 4 aliphatic rings. The predicted molar refractivity (Wildman–Crippen MR) is 119 cm³/mol. The van der Waals surface area contributed by atoms with E-state index in [1.807, 2.05) is 19.1 Å². The topological polar surface area (TPSA) is 93.1 Å². The van der Waals surface area contributed by atoms with Crippen molar-refractivity contribution in [3.8, 4) is 0 Å². The number of hydrogen-bond acceptors (Lipinski definition) is 6. The van der Waals surface area contributed by atoms with Crippen LogP contribution in [0.5, 0.6) is 0 Å². The summed E-state index contributed by atoms with van der Waals surface area (Å²) in [6.45, 7) is 11.2. The molecule has 0 radical (unpaired) electrons. The van der Waals surface area contributed by atoms with E-state index >= 15 is 0 Å². The van der Waals surface area contributed by atoms with Crippen LogP contribution in [0.3, 0.4) is 0 Å². The Labute approximate surface area is 190 Å². The van der Waals surface area contributed by atoms with Crippen LogP contribution in [0.1, 0.15) is 48.0 Å². The summed E-state index contributed by atoms with van der Waals surface area (Å²) in [6, 6.07) is 0. The van der Waals surface area contributed by atoms with Crippen LogP contribution in [0.4, 0.5) is 0 Å². The molecule has 0 unspecified atom stereocenters. The van der Waals surface area contributed by atoms with Gasteiger partial charge in [-0.1, -0.05) is 39.0 Å². The van der Waals surface area contributed by atoms with E-state index in [4.69, 9.17) is 9.47 Å². The third-order valence-corrected chi connectivity index (χ3v) is 9.08. The Bertz CT molecular complexity index is 942. The predicted octanol–water partition coefficient (Wildman–Crippen LogP) is 2.99. The summed E-state index contributed by atoms with van der Waals surface area (Å²) in [5.74, 6) is -0.713. The number of ketones is 1. The van der Waals surface area contributed by atoms with E-state index in [2.05, 4.69) is 13.8 Å². The summed E-state index contributed by atoms with van der Waals surface area (Å²) in [5.41, 5.74) is -1.57. The first kappa shape index (κ1) is 23.4. The Morgan fingerprint density at radius 2 is 1.97 bits per heavy atom. The molecule has 6 heteroatoms. The van der Waals surface area contributed by atoms with Crippen LogP contribution in [-0.4, -0.2) is 53.5 Å². The van der Waals surface area contributed by atoms with Crippen molar-refractivity contribution in [3.05, 3.63) is 34.9 Å². The fourth-order valence-electron chi connectivity index (χ4n) is 7.22. The van der Waals surface area contributed by atoms with Crippen LogP contribution >= 0.6 is 0 Å². The van der Waals surface area contributed by atoms with Gasteiger partial charge in [-0.25, -0.2) is 4.79 Å². The second kappa shape index (κ2) is 7.37. The average Bonchev–Trinajstić information content (AvgIpc) is 3.24. The first-order chi connectivity index (χ1) is 14.9. The summed E-state index contributed by atoms with van der Waals surface area (Å²) < 4.78 is 11.7. The van der Waals surface area contributed by atoms with Gasteiger partial charge >= 0.3 is 5.97 Å². The van der Waals surface area contributed by atoms with Gasteiger partial charge in [0.25, 0.3) is 0 Å². The SMILES string of the molecule is C/C=C(/C)C(=O)O[C@H]1C(C)=C[C@@]23C(=O)[C@@H](C=C(CO)[C@@H](OC)[C@]12O)[C@H]1[C@@H](C[C@H]3C)C1(C)C. The molecule has 0 aromatic heterocycles. The van der Waals surface area contributed by atoms with Crippen molar-refractivity contribution in [1.82, 2.24) is 0 Å². The van der Waals surface area contributed by atoms with E-state index in [9.17, 15) is 19.8 Å². The Morgan fingerprint density at radius 3 is 2.53 bits per heavy atom. The molecule has 2 N–H and O–H groups in total. The number of Topliss-reactive ketones (excluding diaryl/α,β-unsaturated/α-hetero) is 1. The van der Waals surface area contributed by atoms with Gasteiger partial charge in [-0.05, 0) is 61.5 Å². The number of carbonyl (C=O) groups excluding carboxylic acids is 2. The third-order valence-electron chi connectivity index (χ3n) is 9.08. The quantitative estimate of drug-likeness (QED) is 0.393. The number of rotatable bonds is 4. The van der Waals surface area contributed by atoms with Crippen molar-refractivity contribution in [2.75, 3.05) is 13.7 Å². The lowest BCUT2D eigenvalue weighted by atomic mass is 9.59. The van der Waals surface area contributed by atoms with Gasteiger partial charge in [0.2, 0.25) is 0 Å². The van der Waals surface area contributed by atoms with Gasteiger partial charge in [0.15, 0.2) is 17.5 Å². The van der Waals surface area contributed by atoms with E-state index in [1.54, 1.807) is 26.8 Å². The highest BCUT2D eigenvalue weighted by atomic mass is 16.6. The van der Waals surface area contributed by atoms with Crippen LogP contribution in [0, 0.1) is 34.5 Å². The Balaban J connectivity index is 1.94. The molecule has 32 heavy (non-hydrogen) atoms. The summed E-state index contributed by atoms with van der Waals surface area (Å²) in [7, 11) is 1.46. The molecule has 2 saturated carbocycles. The molecule has 176 valence electrons. The molecule has 0 amide bonds. The van der Waals surface area contributed by atoms with E-state index < -0.39 is 35.1 Å². The number of methoxy groups -OCH3 is 1. The van der Waals surface area contributed by atoms with Crippen LogP contribution < -0.4 is 0 Å². The van der Waals surface area contributed by atoms with Crippen molar-refractivity contribution < 1.29 is 29.3 Å². The number of esters is 1. The van der Waals surface area contributed by atoms with Gasteiger partial charge in [-0.15, -0.1) is 0 Å². The fourth-order valence-corrected chi connectivity index (χ4v) is 7.22. The second-order valence-electron chi connectivity index (χ2n) is 10.8. The first-order valence-electron chi connectivity index (χ1n) is 11.6. The van der Waals surface area contributed by atoms with Gasteiger partial charge in [-0.3, -0.25) is 4.79 Å². The van der Waals surface area contributed by atoms with Crippen LogP contribution in [0.15, 0.2) is 34.9 Å². The molecule has 4 rings (SSSR count). The van der Waals surface area contributed by atoms with Gasteiger partial charge < -0.3 is 19.7 Å². The van der Waals surface area contributed by atoms with Crippen LogP contribution in [-0.2, 0) is 19.1 Å². The third kappa shape index (κ3) is 2.69. The summed E-state index contributed by atoms with van der Waals surface area (Å²) in [6.07, 6.45) is 4.07. The van der Waals surface area contributed by atoms with Crippen molar-refractivity contribution in [2.45, 2.75) is 65.8 Å². The maximum Gasteiger partial charge on any atom is 0.334 e. The maximum atomic E-state index is 14.3. The monoisotopic (exact) mass is 444 g/mol. The molecule has 2 bridgehead atoms. The lowest BCUT2D eigenvalue weighted by Gasteiger charge is -2.49. The molecule has 1 spiro atoms. The Morgan fingerprint density at radius 1 is 1.31 bits per heavy atom. The summed E-state index contributed by atoms with van der Waals surface area (Å²) >= 11 is 0. The number of aliphatic hydroxyl groups excluding tert-OH is 1. The van der Waals surface area contributed by atoms with Crippen molar-refractivity contribution >= 4 is 11.8 Å². The normalized spacial score (nSPS) is 44.5. The molecule has 2 fully saturated rings.